The van der Waals surface area contributed by atoms with Crippen LogP contribution in [0.5, 0.6) is 0 Å². The first-order valence-electron chi connectivity index (χ1n) is 6.36. The summed E-state index contributed by atoms with van der Waals surface area (Å²) in [6.07, 6.45) is 0.0586. The maximum atomic E-state index is 12.0. The highest BCUT2D eigenvalue weighted by atomic mass is 79.9. The van der Waals surface area contributed by atoms with Crippen molar-refractivity contribution >= 4 is 33.8 Å². The average Bonchev–Trinajstić information content (AvgIpc) is 2.25. The smallest absolute Gasteiger partial charge is 0.322 e. The van der Waals surface area contributed by atoms with Gasteiger partial charge in [0.05, 0.1) is 11.4 Å². The average molecular weight is 367 g/mol. The number of carboxylic acids is 2. The van der Waals surface area contributed by atoms with E-state index in [2.05, 4.69) is 15.9 Å². The molecule has 0 aliphatic heterocycles. The fraction of sp³-hybridized carbons (Fsp3) is 0.769. The number of esters is 1. The van der Waals surface area contributed by atoms with Gasteiger partial charge in [0.1, 0.15) is 10.9 Å². The van der Waals surface area contributed by atoms with Gasteiger partial charge in [-0.2, -0.15) is 0 Å². The maximum absolute atomic E-state index is 12.0. The van der Waals surface area contributed by atoms with Gasteiger partial charge in [-0.3, -0.25) is 14.5 Å². The Labute approximate surface area is 132 Å². The van der Waals surface area contributed by atoms with Gasteiger partial charge < -0.3 is 19.7 Å². The second-order valence-corrected chi connectivity index (χ2v) is 7.56. The number of ether oxygens (including phenoxy) is 1. The van der Waals surface area contributed by atoms with Crippen molar-refractivity contribution < 1.29 is 29.3 Å². The van der Waals surface area contributed by atoms with Crippen LogP contribution in [-0.2, 0) is 19.1 Å². The molecule has 1 atom stereocenters. The van der Waals surface area contributed by atoms with E-state index in [1.54, 1.807) is 14.0 Å². The van der Waals surface area contributed by atoms with E-state index in [1.807, 2.05) is 0 Å². The Balaban J connectivity index is 4.38. The van der Waals surface area contributed by atoms with Gasteiger partial charge in [0.25, 0.3) is 0 Å². The summed E-state index contributed by atoms with van der Waals surface area (Å²) in [5.74, 6) is -2.80. The van der Waals surface area contributed by atoms with E-state index >= 15 is 0 Å². The fourth-order valence-electron chi connectivity index (χ4n) is 1.72. The Morgan fingerprint density at radius 3 is 2.24 bits per heavy atom. The molecule has 1 N–H and O–H groups in total. The van der Waals surface area contributed by atoms with Crippen LogP contribution in [0.25, 0.3) is 0 Å². The summed E-state index contributed by atoms with van der Waals surface area (Å²) in [6, 6.07) is 0. The van der Waals surface area contributed by atoms with E-state index in [4.69, 9.17) is 9.84 Å². The lowest BCUT2D eigenvalue weighted by Crippen LogP contribution is -2.40. The molecule has 0 amide bonds. The Bertz CT molecular complexity index is 407. The van der Waals surface area contributed by atoms with E-state index in [-0.39, 0.29) is 26.1 Å². The third-order valence-electron chi connectivity index (χ3n) is 2.88. The van der Waals surface area contributed by atoms with Crippen LogP contribution in [0.4, 0.5) is 0 Å². The van der Waals surface area contributed by atoms with Gasteiger partial charge in [0.15, 0.2) is 0 Å². The SMILES string of the molecule is CN(CCOC(=O)C(C)(Br)CC(C)(C)C(=O)O)CC(=O)[O-]. The molecule has 21 heavy (non-hydrogen) atoms. The molecule has 0 saturated carbocycles. The summed E-state index contributed by atoms with van der Waals surface area (Å²) in [6.45, 7) is 4.59. The number of carbonyl (C=O) groups is 3. The largest absolute Gasteiger partial charge is 0.549 e. The number of aliphatic carboxylic acids is 2. The lowest BCUT2D eigenvalue weighted by Gasteiger charge is -2.29. The first-order chi connectivity index (χ1) is 9.38. The first-order valence-corrected chi connectivity index (χ1v) is 7.16. The van der Waals surface area contributed by atoms with Crippen molar-refractivity contribution in [3.05, 3.63) is 0 Å². The Morgan fingerprint density at radius 1 is 1.29 bits per heavy atom. The van der Waals surface area contributed by atoms with Crippen LogP contribution >= 0.6 is 15.9 Å². The molecule has 0 aliphatic rings. The molecular formula is C13H21BrNO6-. The molecule has 122 valence electrons. The Hall–Kier alpha value is -1.15. The Kier molecular flexibility index (Phi) is 7.32. The van der Waals surface area contributed by atoms with Crippen molar-refractivity contribution in [2.75, 3.05) is 26.7 Å². The quantitative estimate of drug-likeness (QED) is 0.447. The molecule has 0 heterocycles. The van der Waals surface area contributed by atoms with Crippen molar-refractivity contribution in [2.24, 2.45) is 5.41 Å². The van der Waals surface area contributed by atoms with Crippen LogP contribution < -0.4 is 5.11 Å². The highest BCUT2D eigenvalue weighted by Gasteiger charge is 2.41. The normalized spacial score (nSPS) is 14.6. The highest BCUT2D eigenvalue weighted by Crippen LogP contribution is 2.35. The van der Waals surface area contributed by atoms with E-state index < -0.39 is 27.6 Å². The van der Waals surface area contributed by atoms with Crippen molar-refractivity contribution in [2.45, 2.75) is 31.5 Å². The lowest BCUT2D eigenvalue weighted by molar-refractivity contribution is -0.306. The van der Waals surface area contributed by atoms with Gasteiger partial charge in [-0.25, -0.2) is 0 Å². The molecule has 0 bridgehead atoms. The van der Waals surface area contributed by atoms with E-state index in [0.717, 1.165) is 0 Å². The van der Waals surface area contributed by atoms with Gasteiger partial charge >= 0.3 is 11.9 Å². The fourth-order valence-corrected chi connectivity index (χ4v) is 2.54. The first kappa shape index (κ1) is 19.9. The molecule has 0 aromatic carbocycles. The molecule has 0 fully saturated rings. The van der Waals surface area contributed by atoms with Crippen molar-refractivity contribution in [1.82, 2.24) is 4.90 Å². The van der Waals surface area contributed by atoms with Crippen LogP contribution in [0.15, 0.2) is 0 Å². The number of nitrogens with zero attached hydrogens (tertiary/aromatic N) is 1. The minimum absolute atomic E-state index is 0.0112. The zero-order valence-electron chi connectivity index (χ0n) is 12.6. The molecule has 7 nitrogen and oxygen atoms in total. The van der Waals surface area contributed by atoms with Crippen LogP contribution in [-0.4, -0.2) is 59.0 Å². The predicted molar refractivity (Wildman–Crippen MR) is 76.8 cm³/mol. The van der Waals surface area contributed by atoms with Gasteiger partial charge in [0.2, 0.25) is 0 Å². The highest BCUT2D eigenvalue weighted by molar-refractivity contribution is 9.10. The topological polar surface area (TPSA) is 107 Å². The number of carbonyl (C=O) groups excluding carboxylic acids is 2. The summed E-state index contributed by atoms with van der Waals surface area (Å²) < 4.78 is 3.93. The lowest BCUT2D eigenvalue weighted by atomic mass is 9.83. The number of hydrogen-bond acceptors (Lipinski definition) is 6. The Morgan fingerprint density at radius 2 is 1.81 bits per heavy atom. The second-order valence-electron chi connectivity index (χ2n) is 5.81. The molecular weight excluding hydrogens is 346 g/mol. The zero-order valence-corrected chi connectivity index (χ0v) is 14.2. The molecule has 0 radical (unpaired) electrons. The second kappa shape index (κ2) is 7.74. The maximum Gasteiger partial charge on any atom is 0.322 e. The van der Waals surface area contributed by atoms with E-state index in [0.29, 0.717) is 0 Å². The standard InChI is InChI=1S/C13H22BrNO6/c1-12(2,10(18)19)8-13(3,14)11(20)21-6-5-15(4)7-9(16)17/h5-8H2,1-4H3,(H,16,17)(H,18,19)/p-1. The summed E-state index contributed by atoms with van der Waals surface area (Å²) in [4.78, 5) is 34.8. The molecule has 0 aliphatic carbocycles. The molecule has 8 heteroatoms. The number of rotatable bonds is 9. The zero-order chi connectivity index (χ0) is 16.8. The monoisotopic (exact) mass is 366 g/mol. The number of likely N-dealkylation sites (N-methyl/N-ethyl adjacent to an activating group) is 1. The third kappa shape index (κ3) is 7.42. The molecule has 0 rings (SSSR count). The van der Waals surface area contributed by atoms with Crippen molar-refractivity contribution in [1.29, 1.82) is 0 Å². The summed E-state index contributed by atoms with van der Waals surface area (Å²) in [7, 11) is 1.56. The number of hydrogen-bond donors (Lipinski definition) is 1. The molecule has 0 spiro atoms. The molecule has 0 saturated heterocycles. The molecule has 1 unspecified atom stereocenters. The van der Waals surface area contributed by atoms with Crippen molar-refractivity contribution in [3.63, 3.8) is 0 Å². The van der Waals surface area contributed by atoms with E-state index in [1.165, 1.54) is 18.7 Å². The van der Waals surface area contributed by atoms with Crippen LogP contribution in [0.2, 0.25) is 0 Å². The summed E-state index contributed by atoms with van der Waals surface area (Å²) in [5, 5.41) is 19.4. The van der Waals surface area contributed by atoms with Crippen molar-refractivity contribution in [3.8, 4) is 0 Å². The van der Waals surface area contributed by atoms with Crippen LogP contribution in [0.1, 0.15) is 27.2 Å². The van der Waals surface area contributed by atoms with E-state index in [9.17, 15) is 19.5 Å². The number of alkyl halides is 1. The van der Waals surface area contributed by atoms with Gasteiger partial charge in [-0.1, -0.05) is 15.9 Å². The predicted octanol–water partition coefficient (Wildman–Crippen LogP) is -0.134. The third-order valence-corrected chi connectivity index (χ3v) is 3.49. The minimum Gasteiger partial charge on any atom is -0.549 e. The summed E-state index contributed by atoms with van der Waals surface area (Å²) in [5.41, 5.74) is -1.08. The number of halogens is 1. The molecule has 0 aromatic rings. The van der Waals surface area contributed by atoms with Crippen LogP contribution in [0.3, 0.4) is 0 Å². The molecule has 0 aromatic heterocycles. The van der Waals surface area contributed by atoms with Gasteiger partial charge in [0, 0.05) is 13.1 Å². The van der Waals surface area contributed by atoms with Gasteiger partial charge in [-0.15, -0.1) is 0 Å². The summed E-state index contributed by atoms with van der Waals surface area (Å²) >= 11 is 3.20. The minimum atomic E-state index is -1.21. The number of carboxylic acid groups (broad SMARTS) is 2. The van der Waals surface area contributed by atoms with Gasteiger partial charge in [-0.05, 0) is 34.2 Å². The van der Waals surface area contributed by atoms with Crippen LogP contribution in [0, 0.1) is 5.41 Å².